The third-order valence-corrected chi connectivity index (χ3v) is 7.59. The van der Waals surface area contributed by atoms with E-state index < -0.39 is 15.8 Å². The Morgan fingerprint density at radius 3 is 2.21 bits per heavy atom. The van der Waals surface area contributed by atoms with E-state index in [0.717, 1.165) is 22.5 Å². The van der Waals surface area contributed by atoms with E-state index in [4.69, 9.17) is 0 Å². The Bertz CT molecular complexity index is 1360. The molecule has 1 aromatic heterocycles. The first-order chi connectivity index (χ1) is 15.7. The maximum Gasteiger partial charge on any atom is 0.230 e. The highest BCUT2D eigenvalue weighted by Crippen LogP contribution is 2.34. The lowest BCUT2D eigenvalue weighted by Gasteiger charge is -2.17. The van der Waals surface area contributed by atoms with E-state index in [1.807, 2.05) is 62.4 Å². The van der Waals surface area contributed by atoms with Crippen molar-refractivity contribution in [3.63, 3.8) is 0 Å². The Balaban J connectivity index is 1.43. The van der Waals surface area contributed by atoms with Crippen LogP contribution in [0.1, 0.15) is 28.8 Å². The Morgan fingerprint density at radius 2 is 1.58 bits per heavy atom. The smallest absolute Gasteiger partial charge is 0.230 e. The van der Waals surface area contributed by atoms with Gasteiger partial charge >= 0.3 is 0 Å². The third kappa shape index (κ3) is 4.04. The van der Waals surface area contributed by atoms with Gasteiger partial charge in [0.05, 0.1) is 28.8 Å². The van der Waals surface area contributed by atoms with Crippen molar-refractivity contribution in [2.24, 2.45) is 5.92 Å². The molecule has 33 heavy (non-hydrogen) atoms. The van der Waals surface area contributed by atoms with Crippen LogP contribution in [0.25, 0.3) is 5.69 Å². The number of nitrogens with one attached hydrogen (secondary N) is 1. The number of fused-ring (bicyclic) bond motifs is 1. The van der Waals surface area contributed by atoms with Crippen LogP contribution in [0.5, 0.6) is 0 Å². The minimum Gasteiger partial charge on any atom is -0.312 e. The summed E-state index contributed by atoms with van der Waals surface area (Å²) >= 11 is 0. The standard InChI is InChI=1S/C24H24N4O4S/c1-15-3-7-18(8-4-15)27-12-17(11-22(27)29)24(30)25-23-20-13-33(31,32)14-21(20)26-28(23)19-9-5-16(2)6-10-19/h3-10,17H,11-14H2,1-2H3,(H,25,30). The van der Waals surface area contributed by atoms with Gasteiger partial charge in [0.25, 0.3) is 0 Å². The fourth-order valence-electron chi connectivity index (χ4n) is 4.32. The first-order valence-electron chi connectivity index (χ1n) is 10.8. The summed E-state index contributed by atoms with van der Waals surface area (Å²) in [6, 6.07) is 15.2. The zero-order valence-electron chi connectivity index (χ0n) is 18.4. The van der Waals surface area contributed by atoms with Gasteiger partial charge in [-0.05, 0) is 38.1 Å². The van der Waals surface area contributed by atoms with Crippen molar-refractivity contribution in [2.75, 3.05) is 16.8 Å². The first-order valence-corrected chi connectivity index (χ1v) is 12.6. The molecule has 9 heteroatoms. The molecule has 0 radical (unpaired) electrons. The number of aryl methyl sites for hydroxylation is 2. The van der Waals surface area contributed by atoms with Gasteiger partial charge in [0, 0.05) is 24.2 Å². The maximum atomic E-state index is 13.2. The number of hydrogen-bond acceptors (Lipinski definition) is 5. The van der Waals surface area contributed by atoms with E-state index in [1.54, 1.807) is 9.58 Å². The molecule has 1 unspecified atom stereocenters. The van der Waals surface area contributed by atoms with Crippen LogP contribution in [-0.2, 0) is 30.9 Å². The van der Waals surface area contributed by atoms with Crippen molar-refractivity contribution < 1.29 is 18.0 Å². The minimum absolute atomic E-state index is 0.0961. The molecule has 2 aromatic carbocycles. The van der Waals surface area contributed by atoms with Crippen LogP contribution in [-0.4, -0.2) is 36.6 Å². The highest BCUT2D eigenvalue weighted by atomic mass is 32.2. The van der Waals surface area contributed by atoms with E-state index in [1.165, 1.54) is 0 Å². The van der Waals surface area contributed by atoms with Crippen LogP contribution in [0.3, 0.4) is 0 Å². The topological polar surface area (TPSA) is 101 Å². The highest BCUT2D eigenvalue weighted by molar-refractivity contribution is 7.90. The van der Waals surface area contributed by atoms with Crippen LogP contribution in [0.2, 0.25) is 0 Å². The molecule has 0 spiro atoms. The minimum atomic E-state index is -3.29. The fourth-order valence-corrected chi connectivity index (χ4v) is 5.81. The molecule has 1 atom stereocenters. The van der Waals surface area contributed by atoms with Gasteiger partial charge in [-0.25, -0.2) is 13.1 Å². The van der Waals surface area contributed by atoms with Crippen molar-refractivity contribution in [3.8, 4) is 5.69 Å². The third-order valence-electron chi connectivity index (χ3n) is 6.15. The number of aromatic nitrogens is 2. The molecule has 0 aliphatic carbocycles. The van der Waals surface area contributed by atoms with E-state index >= 15 is 0 Å². The molecule has 2 amide bonds. The van der Waals surface area contributed by atoms with Crippen molar-refractivity contribution >= 4 is 33.2 Å². The van der Waals surface area contributed by atoms with Gasteiger partial charge in [-0.15, -0.1) is 0 Å². The lowest BCUT2D eigenvalue weighted by molar-refractivity contribution is -0.122. The lowest BCUT2D eigenvalue weighted by Crippen LogP contribution is -2.29. The fraction of sp³-hybridized carbons (Fsp3) is 0.292. The predicted octanol–water partition coefficient (Wildman–Crippen LogP) is 2.91. The number of anilines is 2. The van der Waals surface area contributed by atoms with Gasteiger partial charge in [0.15, 0.2) is 9.84 Å². The molecular weight excluding hydrogens is 440 g/mol. The summed E-state index contributed by atoms with van der Waals surface area (Å²) in [5, 5.41) is 7.40. The molecule has 0 bridgehead atoms. The number of rotatable bonds is 4. The summed E-state index contributed by atoms with van der Waals surface area (Å²) in [4.78, 5) is 27.4. The summed E-state index contributed by atoms with van der Waals surface area (Å²) in [5.74, 6) is -0.928. The quantitative estimate of drug-likeness (QED) is 0.640. The number of hydrogen-bond donors (Lipinski definition) is 1. The Hall–Kier alpha value is -3.46. The zero-order valence-corrected chi connectivity index (χ0v) is 19.2. The molecule has 8 nitrogen and oxygen atoms in total. The monoisotopic (exact) mass is 464 g/mol. The number of carbonyl (C=O) groups is 2. The SMILES string of the molecule is Cc1ccc(N2CC(C(=O)Nc3c4c(nn3-c3ccc(C)cc3)CS(=O)(=O)C4)CC2=O)cc1. The average molecular weight is 465 g/mol. The summed E-state index contributed by atoms with van der Waals surface area (Å²) < 4.78 is 26.0. The summed E-state index contributed by atoms with van der Waals surface area (Å²) in [7, 11) is -3.29. The molecule has 5 rings (SSSR count). The number of carbonyl (C=O) groups excluding carboxylic acids is 2. The van der Waals surface area contributed by atoms with Crippen LogP contribution in [0.4, 0.5) is 11.5 Å². The van der Waals surface area contributed by atoms with Crippen molar-refractivity contribution in [1.29, 1.82) is 0 Å². The molecule has 3 aromatic rings. The number of sulfone groups is 1. The number of nitrogens with zero attached hydrogens (tertiary/aromatic N) is 3. The molecule has 1 saturated heterocycles. The van der Waals surface area contributed by atoms with Gasteiger partial charge < -0.3 is 10.2 Å². The van der Waals surface area contributed by atoms with E-state index in [9.17, 15) is 18.0 Å². The Morgan fingerprint density at radius 1 is 0.970 bits per heavy atom. The molecular formula is C24H24N4O4S. The maximum absolute atomic E-state index is 13.2. The molecule has 0 saturated carbocycles. The van der Waals surface area contributed by atoms with Gasteiger partial charge in [-0.1, -0.05) is 35.4 Å². The number of benzene rings is 2. The summed E-state index contributed by atoms with van der Waals surface area (Å²) in [6.45, 7) is 4.22. The second kappa shape index (κ2) is 7.84. The molecule has 2 aliphatic rings. The van der Waals surface area contributed by atoms with Crippen LogP contribution >= 0.6 is 0 Å². The Kier molecular flexibility index (Phi) is 5.08. The Labute approximate surface area is 192 Å². The van der Waals surface area contributed by atoms with E-state index in [-0.39, 0.29) is 36.3 Å². The average Bonchev–Trinajstić information content (AvgIpc) is 3.40. The van der Waals surface area contributed by atoms with Gasteiger partial charge in [-0.2, -0.15) is 5.10 Å². The molecule has 1 N–H and O–H groups in total. The van der Waals surface area contributed by atoms with Crippen molar-refractivity contribution in [2.45, 2.75) is 31.8 Å². The number of amides is 2. The van der Waals surface area contributed by atoms with Gasteiger partial charge in [-0.3, -0.25) is 9.59 Å². The van der Waals surface area contributed by atoms with Gasteiger partial charge in [0.2, 0.25) is 11.8 Å². The van der Waals surface area contributed by atoms with E-state index in [2.05, 4.69) is 10.4 Å². The lowest BCUT2D eigenvalue weighted by atomic mass is 10.1. The first kappa shape index (κ1) is 21.4. The summed E-state index contributed by atoms with van der Waals surface area (Å²) in [5.41, 5.74) is 4.63. The molecule has 1 fully saturated rings. The van der Waals surface area contributed by atoms with Gasteiger partial charge in [0.1, 0.15) is 5.82 Å². The van der Waals surface area contributed by atoms with Crippen LogP contribution in [0.15, 0.2) is 48.5 Å². The normalized spacial score (nSPS) is 19.0. The van der Waals surface area contributed by atoms with Crippen LogP contribution in [0, 0.1) is 19.8 Å². The van der Waals surface area contributed by atoms with Crippen LogP contribution < -0.4 is 10.2 Å². The van der Waals surface area contributed by atoms with Crippen molar-refractivity contribution in [1.82, 2.24) is 9.78 Å². The largest absolute Gasteiger partial charge is 0.312 e. The zero-order chi connectivity index (χ0) is 23.3. The molecule has 170 valence electrons. The molecule has 2 aliphatic heterocycles. The second-order valence-corrected chi connectivity index (χ2v) is 10.8. The second-order valence-electron chi connectivity index (χ2n) is 8.78. The predicted molar refractivity (Wildman–Crippen MR) is 125 cm³/mol. The molecule has 3 heterocycles. The summed E-state index contributed by atoms with van der Waals surface area (Å²) in [6.07, 6.45) is 0.0961. The highest BCUT2D eigenvalue weighted by Gasteiger charge is 2.38. The van der Waals surface area contributed by atoms with Crippen molar-refractivity contribution in [3.05, 3.63) is 70.9 Å². The van der Waals surface area contributed by atoms with E-state index in [0.29, 0.717) is 17.1 Å².